The Balaban J connectivity index is 1.64. The lowest BCUT2D eigenvalue weighted by Crippen LogP contribution is -2.85. The number of halogens is 1. The van der Waals surface area contributed by atoms with Crippen molar-refractivity contribution in [2.45, 2.75) is 63.9 Å². The maximum atomic E-state index is 14.7. The van der Waals surface area contributed by atoms with Crippen molar-refractivity contribution in [2.24, 2.45) is 5.73 Å². The minimum absolute atomic E-state index is 0.0665. The summed E-state index contributed by atoms with van der Waals surface area (Å²) in [5, 5.41) is 13.2. The molecule has 2 aliphatic heterocycles. The van der Waals surface area contributed by atoms with Crippen LogP contribution in [-0.4, -0.2) is 88.2 Å². The van der Waals surface area contributed by atoms with Crippen LogP contribution in [0.3, 0.4) is 0 Å². The van der Waals surface area contributed by atoms with Crippen molar-refractivity contribution in [1.82, 2.24) is 19.9 Å². The lowest BCUT2D eigenvalue weighted by molar-refractivity contribution is -0.630. The predicted molar refractivity (Wildman–Crippen MR) is 143 cm³/mol. The molecule has 2 amide bonds. The summed E-state index contributed by atoms with van der Waals surface area (Å²) in [6.45, 7) is 6.76. The van der Waals surface area contributed by atoms with E-state index in [-0.39, 0.29) is 41.9 Å². The van der Waals surface area contributed by atoms with Gasteiger partial charge in [0.1, 0.15) is 35.3 Å². The van der Waals surface area contributed by atoms with E-state index in [9.17, 15) is 14.0 Å². The van der Waals surface area contributed by atoms with Gasteiger partial charge in [-0.1, -0.05) is 0 Å². The van der Waals surface area contributed by atoms with E-state index in [1.165, 1.54) is 23.5 Å². The molecule has 0 aliphatic carbocycles. The first-order chi connectivity index (χ1) is 18.5. The zero-order chi connectivity index (χ0) is 28.2. The average molecular weight is 544 g/mol. The summed E-state index contributed by atoms with van der Waals surface area (Å²) in [4.78, 5) is 39.5. The maximum absolute atomic E-state index is 14.7. The number of alkyl halides is 1. The highest BCUT2D eigenvalue weighted by Crippen LogP contribution is 2.26. The fraction of sp³-hybridized carbons (Fsp3) is 0.538. The number of hydrogen-bond acceptors (Lipinski definition) is 9. The number of aromatic nitrogens is 3. The van der Waals surface area contributed by atoms with Gasteiger partial charge in [-0.25, -0.2) is 24.1 Å². The number of pyridine rings is 1. The van der Waals surface area contributed by atoms with Crippen molar-refractivity contribution in [3.05, 3.63) is 29.9 Å². The Labute approximate surface area is 226 Å². The van der Waals surface area contributed by atoms with Crippen LogP contribution in [-0.2, 0) is 9.47 Å². The van der Waals surface area contributed by atoms with Gasteiger partial charge in [-0.15, -0.1) is 0 Å². The van der Waals surface area contributed by atoms with Gasteiger partial charge in [0.2, 0.25) is 0 Å². The average Bonchev–Trinajstić information content (AvgIpc) is 2.88. The molecule has 12 nitrogen and oxygen atoms in total. The number of rotatable bonds is 7. The summed E-state index contributed by atoms with van der Waals surface area (Å²) < 4.78 is 25.5. The summed E-state index contributed by atoms with van der Waals surface area (Å²) in [6.07, 6.45) is 4.30. The van der Waals surface area contributed by atoms with Crippen LogP contribution in [0.4, 0.5) is 15.0 Å². The quantitative estimate of drug-likeness (QED) is 0.381. The predicted octanol–water partition coefficient (Wildman–Crippen LogP) is 1.62. The fourth-order valence-corrected chi connectivity index (χ4v) is 4.65. The second-order valence-electron chi connectivity index (χ2n) is 10.8. The van der Waals surface area contributed by atoms with E-state index >= 15 is 0 Å². The first kappa shape index (κ1) is 28.3. The Morgan fingerprint density at radius 3 is 2.67 bits per heavy atom. The number of fused-ring (bicyclic) bond motifs is 1. The van der Waals surface area contributed by atoms with Gasteiger partial charge in [0, 0.05) is 38.1 Å². The van der Waals surface area contributed by atoms with Gasteiger partial charge < -0.3 is 36.2 Å². The minimum atomic E-state index is -1.27. The van der Waals surface area contributed by atoms with E-state index in [2.05, 4.69) is 20.3 Å². The molecule has 0 unspecified atom stereocenters. The molecule has 2 aromatic rings. The van der Waals surface area contributed by atoms with Gasteiger partial charge in [0.05, 0.1) is 42.6 Å². The second kappa shape index (κ2) is 12.0. The van der Waals surface area contributed by atoms with Gasteiger partial charge in [-0.3, -0.25) is 4.79 Å². The van der Waals surface area contributed by atoms with Crippen molar-refractivity contribution < 1.29 is 28.8 Å². The van der Waals surface area contributed by atoms with E-state index in [0.29, 0.717) is 30.5 Å². The maximum Gasteiger partial charge on any atom is 0.410 e. The summed E-state index contributed by atoms with van der Waals surface area (Å²) in [5.41, 5.74) is 6.43. The molecule has 0 spiro atoms. The van der Waals surface area contributed by atoms with E-state index in [1.807, 2.05) is 11.5 Å². The molecule has 6 N–H and O–H groups in total. The first-order valence-electron chi connectivity index (χ1n) is 13.0. The molecule has 210 valence electrons. The standard InChI is InChI=1S/C26H35FN8O4/c1-26(2,3)39-25(37)35-12-16(27)8-18(13-35)33-24-22-21(31-14-32-24)19(23(29)36)9-20(34-22)15(10-28)11-30-17-4-6-38-7-5-17/h9-11,14,16-18,28,30H,4-8,12-13H2,1-3H3,(H2,29,36)(H,31,32,33)/p+1/b15-11+,28-10?/t16-,18-/m0/s1. The van der Waals surface area contributed by atoms with E-state index in [1.54, 1.807) is 20.8 Å². The zero-order valence-corrected chi connectivity index (χ0v) is 22.4. The Bertz CT molecular complexity index is 1260. The molecule has 4 heterocycles. The molecule has 0 aromatic carbocycles. The number of nitrogens with zero attached hydrogens (tertiary/aromatic N) is 4. The summed E-state index contributed by atoms with van der Waals surface area (Å²) in [5.74, 6) is -0.436. The van der Waals surface area contributed by atoms with Gasteiger partial charge in [0.15, 0.2) is 5.82 Å². The third-order valence-corrected chi connectivity index (χ3v) is 6.51. The van der Waals surface area contributed by atoms with Gasteiger partial charge in [-0.2, -0.15) is 0 Å². The van der Waals surface area contributed by atoms with Gasteiger partial charge in [0.25, 0.3) is 5.91 Å². The number of ether oxygens (including phenoxy) is 2. The van der Waals surface area contributed by atoms with E-state index in [4.69, 9.17) is 20.6 Å². The largest absolute Gasteiger partial charge is 0.444 e. The van der Waals surface area contributed by atoms with Crippen LogP contribution in [0.2, 0.25) is 0 Å². The highest BCUT2D eigenvalue weighted by Gasteiger charge is 2.33. The molecule has 2 atom stereocenters. The molecule has 2 aliphatic rings. The topological polar surface area (TPSA) is 173 Å². The molecule has 39 heavy (non-hydrogen) atoms. The van der Waals surface area contributed by atoms with E-state index in [0.717, 1.165) is 12.8 Å². The minimum Gasteiger partial charge on any atom is -0.444 e. The molecule has 2 aromatic heterocycles. The van der Waals surface area contributed by atoms with Crippen molar-refractivity contribution >= 4 is 40.6 Å². The Hall–Kier alpha value is -3.71. The lowest BCUT2D eigenvalue weighted by atomic mass is 10.0. The fourth-order valence-electron chi connectivity index (χ4n) is 4.65. The van der Waals surface area contributed by atoms with Crippen LogP contribution in [0.5, 0.6) is 0 Å². The van der Waals surface area contributed by atoms with E-state index < -0.39 is 29.8 Å². The van der Waals surface area contributed by atoms with Crippen LogP contribution >= 0.6 is 0 Å². The highest BCUT2D eigenvalue weighted by atomic mass is 19.1. The molecule has 0 radical (unpaired) electrons. The monoisotopic (exact) mass is 543 g/mol. The third kappa shape index (κ3) is 7.24. The zero-order valence-electron chi connectivity index (χ0n) is 22.4. The Morgan fingerprint density at radius 2 is 2.00 bits per heavy atom. The van der Waals surface area contributed by atoms with Crippen LogP contribution in [0, 0.1) is 5.41 Å². The SMILES string of the molecule is CC(C)(C)OC(=O)N1C[C@@H](F)C[C@H](Nc2ncnc3c(C(N)=O)cc(/C(C=N)=C/[NH2+]C4CCOCC4)nc23)C1. The molecule has 0 saturated carbocycles. The Kier molecular flexibility index (Phi) is 8.70. The lowest BCUT2D eigenvalue weighted by Gasteiger charge is -2.36. The number of anilines is 1. The summed E-state index contributed by atoms with van der Waals surface area (Å²) in [6, 6.07) is 1.33. The Morgan fingerprint density at radius 1 is 1.26 bits per heavy atom. The highest BCUT2D eigenvalue weighted by molar-refractivity contribution is 6.11. The molecule has 4 rings (SSSR count). The normalized spacial score (nSPS) is 21.0. The molecule has 2 saturated heterocycles. The number of likely N-dealkylation sites (tertiary alicyclic amines) is 1. The van der Waals surface area contributed by atoms with Crippen molar-refractivity contribution in [1.29, 1.82) is 5.41 Å². The second-order valence-corrected chi connectivity index (χ2v) is 10.8. The van der Waals surface area contributed by atoms with Crippen LogP contribution in [0.15, 0.2) is 18.6 Å². The molecule has 13 heteroatoms. The first-order valence-corrected chi connectivity index (χ1v) is 13.0. The number of quaternary nitrogens is 1. The molecule has 2 fully saturated rings. The molecular weight excluding hydrogens is 507 g/mol. The number of carbonyl (C=O) groups excluding carboxylic acids is 2. The number of nitrogens with two attached hydrogens (primary N) is 2. The van der Waals surface area contributed by atoms with Crippen LogP contribution in [0.1, 0.15) is 56.1 Å². The summed E-state index contributed by atoms with van der Waals surface area (Å²) >= 11 is 0. The van der Waals surface area contributed by atoms with Gasteiger partial charge in [-0.05, 0) is 26.8 Å². The van der Waals surface area contributed by atoms with Crippen LogP contribution in [0.25, 0.3) is 16.6 Å². The number of hydrogen-bond donors (Lipinski definition) is 4. The van der Waals surface area contributed by atoms with Crippen LogP contribution < -0.4 is 16.4 Å². The number of carbonyl (C=O) groups is 2. The third-order valence-electron chi connectivity index (χ3n) is 6.51. The number of allylic oxidation sites excluding steroid dienone is 1. The summed E-state index contributed by atoms with van der Waals surface area (Å²) in [7, 11) is 0. The number of nitrogens with one attached hydrogen (secondary N) is 2. The van der Waals surface area contributed by atoms with Gasteiger partial charge >= 0.3 is 6.09 Å². The molecular formula is C26H36FN8O4+. The smallest absolute Gasteiger partial charge is 0.410 e. The van der Waals surface area contributed by atoms with Crippen molar-refractivity contribution in [3.63, 3.8) is 0 Å². The van der Waals surface area contributed by atoms with Crippen molar-refractivity contribution in [3.8, 4) is 0 Å². The number of piperidine rings is 1. The van der Waals surface area contributed by atoms with Crippen molar-refractivity contribution in [2.75, 3.05) is 31.6 Å². The molecule has 0 bridgehead atoms. The number of amides is 2. The number of primary amides is 1.